The van der Waals surface area contributed by atoms with Gasteiger partial charge in [0.1, 0.15) is 5.75 Å². The SMILES string of the molecule is CC(Oc1ccc(Cl)cc1)C(=O)N1CCN(CC2CCCO2)CC1. The van der Waals surface area contributed by atoms with Crippen molar-refractivity contribution in [1.29, 1.82) is 0 Å². The third kappa shape index (κ3) is 4.62. The number of nitrogens with zero attached hydrogens (tertiary/aromatic N) is 2. The summed E-state index contributed by atoms with van der Waals surface area (Å²) >= 11 is 5.86. The standard InChI is InChI=1S/C18H25ClN2O3/c1-14(24-16-6-4-15(19)5-7-16)18(22)21-10-8-20(9-11-21)13-17-3-2-12-23-17/h4-7,14,17H,2-3,8-13H2,1H3. The molecular formula is C18H25ClN2O3. The van der Waals surface area contributed by atoms with Gasteiger partial charge < -0.3 is 14.4 Å². The van der Waals surface area contributed by atoms with Crippen LogP contribution in [0.15, 0.2) is 24.3 Å². The smallest absolute Gasteiger partial charge is 0.263 e. The normalized spacial score (nSPS) is 23.2. The molecule has 6 heteroatoms. The summed E-state index contributed by atoms with van der Waals surface area (Å²) < 4.78 is 11.4. The number of benzene rings is 1. The van der Waals surface area contributed by atoms with Gasteiger partial charge in [-0.1, -0.05) is 11.6 Å². The van der Waals surface area contributed by atoms with E-state index in [1.165, 1.54) is 6.42 Å². The number of carbonyl (C=O) groups is 1. The second-order valence-electron chi connectivity index (χ2n) is 6.47. The van der Waals surface area contributed by atoms with Crippen LogP contribution in [0.4, 0.5) is 0 Å². The molecule has 0 aliphatic carbocycles. The minimum Gasteiger partial charge on any atom is -0.481 e. The molecule has 1 aromatic rings. The summed E-state index contributed by atoms with van der Waals surface area (Å²) in [7, 11) is 0. The Bertz CT molecular complexity index is 538. The number of piperazine rings is 1. The third-order valence-corrected chi connectivity index (χ3v) is 4.90. The molecule has 5 nitrogen and oxygen atoms in total. The Morgan fingerprint density at radius 1 is 1.29 bits per heavy atom. The number of hydrogen-bond donors (Lipinski definition) is 0. The first-order valence-electron chi connectivity index (χ1n) is 8.67. The van der Waals surface area contributed by atoms with Crippen LogP contribution >= 0.6 is 11.6 Å². The molecule has 24 heavy (non-hydrogen) atoms. The highest BCUT2D eigenvalue weighted by Crippen LogP contribution is 2.18. The van der Waals surface area contributed by atoms with E-state index in [1.807, 2.05) is 4.90 Å². The van der Waals surface area contributed by atoms with E-state index >= 15 is 0 Å². The molecule has 0 bridgehead atoms. The maximum atomic E-state index is 12.6. The molecule has 132 valence electrons. The summed E-state index contributed by atoms with van der Waals surface area (Å²) in [6.45, 7) is 6.98. The van der Waals surface area contributed by atoms with Crippen molar-refractivity contribution < 1.29 is 14.3 Å². The van der Waals surface area contributed by atoms with Crippen LogP contribution in [0.2, 0.25) is 5.02 Å². The zero-order valence-corrected chi connectivity index (χ0v) is 14.9. The van der Waals surface area contributed by atoms with E-state index in [0.29, 0.717) is 16.9 Å². The lowest BCUT2D eigenvalue weighted by Crippen LogP contribution is -2.53. The number of carbonyl (C=O) groups excluding carboxylic acids is 1. The van der Waals surface area contributed by atoms with E-state index in [-0.39, 0.29) is 5.91 Å². The lowest BCUT2D eigenvalue weighted by molar-refractivity contribution is -0.139. The second-order valence-corrected chi connectivity index (χ2v) is 6.91. The average molecular weight is 353 g/mol. The van der Waals surface area contributed by atoms with Gasteiger partial charge in [0.15, 0.2) is 6.10 Å². The molecule has 1 aromatic carbocycles. The predicted octanol–water partition coefficient (Wildman–Crippen LogP) is 2.43. The number of halogens is 1. The Morgan fingerprint density at radius 3 is 2.62 bits per heavy atom. The molecule has 0 aromatic heterocycles. The quantitative estimate of drug-likeness (QED) is 0.816. The molecule has 3 rings (SSSR count). The fourth-order valence-corrected chi connectivity index (χ4v) is 3.38. The zero-order valence-electron chi connectivity index (χ0n) is 14.1. The van der Waals surface area contributed by atoms with E-state index in [0.717, 1.165) is 45.8 Å². The molecule has 2 aliphatic heterocycles. The van der Waals surface area contributed by atoms with Crippen molar-refractivity contribution in [2.24, 2.45) is 0 Å². The molecule has 0 saturated carbocycles. The van der Waals surface area contributed by atoms with Crippen molar-refractivity contribution in [1.82, 2.24) is 9.80 Å². The van der Waals surface area contributed by atoms with Gasteiger partial charge in [0, 0.05) is 44.4 Å². The van der Waals surface area contributed by atoms with Crippen LogP contribution in [0.5, 0.6) is 5.75 Å². The van der Waals surface area contributed by atoms with Crippen LogP contribution in [0.25, 0.3) is 0 Å². The zero-order chi connectivity index (χ0) is 16.9. The summed E-state index contributed by atoms with van der Waals surface area (Å²) in [6.07, 6.45) is 2.21. The molecule has 2 heterocycles. The molecule has 2 aliphatic rings. The van der Waals surface area contributed by atoms with Crippen LogP contribution in [0, 0.1) is 0 Å². The average Bonchev–Trinajstić information content (AvgIpc) is 3.10. The Morgan fingerprint density at radius 2 is 2.00 bits per heavy atom. The molecule has 2 unspecified atom stereocenters. The first kappa shape index (κ1) is 17.5. The van der Waals surface area contributed by atoms with E-state index in [1.54, 1.807) is 31.2 Å². The van der Waals surface area contributed by atoms with Crippen molar-refractivity contribution in [3.05, 3.63) is 29.3 Å². The van der Waals surface area contributed by atoms with Gasteiger partial charge in [-0.2, -0.15) is 0 Å². The lowest BCUT2D eigenvalue weighted by Gasteiger charge is -2.36. The van der Waals surface area contributed by atoms with Gasteiger partial charge in [0.2, 0.25) is 0 Å². The molecular weight excluding hydrogens is 328 g/mol. The monoisotopic (exact) mass is 352 g/mol. The van der Waals surface area contributed by atoms with Crippen molar-refractivity contribution in [2.45, 2.75) is 32.0 Å². The summed E-state index contributed by atoms with van der Waals surface area (Å²) in [6, 6.07) is 7.09. The van der Waals surface area contributed by atoms with Gasteiger partial charge in [-0.15, -0.1) is 0 Å². The maximum Gasteiger partial charge on any atom is 0.263 e. The van der Waals surface area contributed by atoms with E-state index in [9.17, 15) is 4.79 Å². The Labute approximate surface area is 148 Å². The molecule has 2 atom stereocenters. The summed E-state index contributed by atoms with van der Waals surface area (Å²) in [5, 5.41) is 0.656. The Balaban J connectivity index is 1.44. The Hall–Kier alpha value is -1.30. The molecule has 1 amide bonds. The molecule has 0 N–H and O–H groups in total. The predicted molar refractivity (Wildman–Crippen MR) is 93.5 cm³/mol. The molecule has 0 spiro atoms. The van der Waals surface area contributed by atoms with Crippen molar-refractivity contribution in [3.63, 3.8) is 0 Å². The van der Waals surface area contributed by atoms with Crippen LogP contribution in [0.3, 0.4) is 0 Å². The van der Waals surface area contributed by atoms with Crippen LogP contribution in [0.1, 0.15) is 19.8 Å². The number of rotatable bonds is 5. The molecule has 0 radical (unpaired) electrons. The first-order valence-corrected chi connectivity index (χ1v) is 9.04. The lowest BCUT2D eigenvalue weighted by atomic mass is 10.2. The van der Waals surface area contributed by atoms with E-state index < -0.39 is 6.10 Å². The van der Waals surface area contributed by atoms with Gasteiger partial charge in [-0.3, -0.25) is 9.69 Å². The highest BCUT2D eigenvalue weighted by molar-refractivity contribution is 6.30. The first-order chi connectivity index (χ1) is 11.6. The summed E-state index contributed by atoms with van der Waals surface area (Å²) in [5.41, 5.74) is 0. The van der Waals surface area contributed by atoms with Crippen LogP contribution in [-0.4, -0.2) is 67.2 Å². The van der Waals surface area contributed by atoms with E-state index in [2.05, 4.69) is 4.90 Å². The van der Waals surface area contributed by atoms with Gasteiger partial charge in [-0.25, -0.2) is 0 Å². The number of ether oxygens (including phenoxy) is 2. The topological polar surface area (TPSA) is 42.0 Å². The molecule has 2 fully saturated rings. The van der Waals surface area contributed by atoms with Gasteiger partial charge in [0.25, 0.3) is 5.91 Å². The van der Waals surface area contributed by atoms with Crippen molar-refractivity contribution >= 4 is 17.5 Å². The van der Waals surface area contributed by atoms with Gasteiger partial charge in [-0.05, 0) is 44.0 Å². The number of hydrogen-bond acceptors (Lipinski definition) is 4. The highest BCUT2D eigenvalue weighted by atomic mass is 35.5. The summed E-state index contributed by atoms with van der Waals surface area (Å²) in [5.74, 6) is 0.707. The Kier molecular flexibility index (Phi) is 5.98. The fraction of sp³-hybridized carbons (Fsp3) is 0.611. The fourth-order valence-electron chi connectivity index (χ4n) is 3.25. The van der Waals surface area contributed by atoms with Gasteiger partial charge in [0.05, 0.1) is 6.10 Å². The summed E-state index contributed by atoms with van der Waals surface area (Å²) in [4.78, 5) is 16.8. The van der Waals surface area contributed by atoms with E-state index in [4.69, 9.17) is 21.1 Å². The van der Waals surface area contributed by atoms with Crippen molar-refractivity contribution in [3.8, 4) is 5.75 Å². The van der Waals surface area contributed by atoms with Crippen molar-refractivity contribution in [2.75, 3.05) is 39.3 Å². The third-order valence-electron chi connectivity index (χ3n) is 4.64. The minimum absolute atomic E-state index is 0.0433. The number of amides is 1. The largest absolute Gasteiger partial charge is 0.481 e. The van der Waals surface area contributed by atoms with Crippen LogP contribution < -0.4 is 4.74 Å². The highest BCUT2D eigenvalue weighted by Gasteiger charge is 2.27. The minimum atomic E-state index is -0.490. The van der Waals surface area contributed by atoms with Gasteiger partial charge >= 0.3 is 0 Å². The van der Waals surface area contributed by atoms with Crippen LogP contribution in [-0.2, 0) is 9.53 Å². The second kappa shape index (κ2) is 8.19. The molecule has 2 saturated heterocycles. The maximum absolute atomic E-state index is 12.6.